The summed E-state index contributed by atoms with van der Waals surface area (Å²) in [4.78, 5) is 48.5. The average molecular weight is 402 g/mol. The highest BCUT2D eigenvalue weighted by molar-refractivity contribution is 6.00. The number of aromatic nitrogens is 1. The molecule has 1 heterocycles. The third-order valence-corrected chi connectivity index (χ3v) is 4.26. The Morgan fingerprint density at radius 3 is 2.07 bits per heavy atom. The second-order valence-corrected chi connectivity index (χ2v) is 6.26. The molecule has 0 spiro atoms. The molecule has 0 N–H and O–H groups in total. The Kier molecular flexibility index (Phi) is 6.87. The zero-order chi connectivity index (χ0) is 21.7. The molecule has 0 saturated carbocycles. The van der Waals surface area contributed by atoms with Crippen LogP contribution in [0.2, 0.25) is 0 Å². The molecule has 2 aromatic rings. The summed E-state index contributed by atoms with van der Waals surface area (Å²) in [5.74, 6) is -3.27. The molecule has 1 aromatic carbocycles. The van der Waals surface area contributed by atoms with Gasteiger partial charge in [-0.25, -0.2) is 0 Å². The van der Waals surface area contributed by atoms with Gasteiger partial charge in [-0.3, -0.25) is 29.1 Å². The van der Waals surface area contributed by atoms with Crippen molar-refractivity contribution in [2.75, 3.05) is 13.2 Å². The Bertz CT molecular complexity index is 969. The number of nitro groups is 1. The molecule has 0 saturated heterocycles. The minimum atomic E-state index is -1.52. The number of pyridine rings is 1. The average Bonchev–Trinajstić information content (AvgIpc) is 2.64. The number of esters is 2. The maximum absolute atomic E-state index is 13.2. The second kappa shape index (κ2) is 9.13. The zero-order valence-corrected chi connectivity index (χ0v) is 16.6. The first-order chi connectivity index (χ1) is 13.7. The van der Waals surface area contributed by atoms with Gasteiger partial charge in [-0.05, 0) is 44.9 Å². The summed E-state index contributed by atoms with van der Waals surface area (Å²) < 4.78 is 11.2. The molecule has 0 aliphatic heterocycles. The Hall–Kier alpha value is -3.49. The van der Waals surface area contributed by atoms with E-state index < -0.39 is 28.3 Å². The molecule has 0 atom stereocenters. The van der Waals surface area contributed by atoms with Gasteiger partial charge < -0.3 is 9.47 Å². The number of carbonyl (C=O) groups is 2. The number of non-ortho nitro benzene ring substituents is 1. The molecule has 29 heavy (non-hydrogen) atoms. The van der Waals surface area contributed by atoms with Crippen LogP contribution in [0, 0.1) is 24.0 Å². The van der Waals surface area contributed by atoms with Crippen molar-refractivity contribution in [3.63, 3.8) is 0 Å². The van der Waals surface area contributed by atoms with E-state index in [0.29, 0.717) is 16.8 Å². The number of hydrogen-bond donors (Lipinski definition) is 0. The molecule has 2 rings (SSSR count). The van der Waals surface area contributed by atoms with Crippen LogP contribution >= 0.6 is 0 Å². The fraction of sp³-hybridized carbons (Fsp3) is 0.350. The number of aryl methyl sites for hydroxylation is 2. The predicted octanol–water partition coefficient (Wildman–Crippen LogP) is 2.57. The molecule has 0 amide bonds. The largest absolute Gasteiger partial charge is 0.465 e. The van der Waals surface area contributed by atoms with Crippen molar-refractivity contribution < 1.29 is 24.0 Å². The monoisotopic (exact) mass is 402 g/mol. The molecule has 9 nitrogen and oxygen atoms in total. The number of benzene rings is 1. The molecule has 0 unspecified atom stereocenters. The smallest absolute Gasteiger partial charge is 0.325 e. The molecule has 0 aliphatic rings. The van der Waals surface area contributed by atoms with Crippen molar-refractivity contribution >= 4 is 17.6 Å². The van der Waals surface area contributed by atoms with Crippen LogP contribution in [0.25, 0.3) is 5.69 Å². The van der Waals surface area contributed by atoms with Crippen LogP contribution in [-0.2, 0) is 19.1 Å². The van der Waals surface area contributed by atoms with Gasteiger partial charge in [-0.15, -0.1) is 0 Å². The number of hydrogen-bond acceptors (Lipinski definition) is 7. The molecule has 0 fully saturated rings. The van der Waals surface area contributed by atoms with Crippen molar-refractivity contribution in [1.82, 2.24) is 4.57 Å². The summed E-state index contributed by atoms with van der Waals surface area (Å²) >= 11 is 0. The van der Waals surface area contributed by atoms with Gasteiger partial charge in [0.25, 0.3) is 11.2 Å². The predicted molar refractivity (Wildman–Crippen MR) is 104 cm³/mol. The van der Waals surface area contributed by atoms with Crippen LogP contribution in [0.5, 0.6) is 0 Å². The van der Waals surface area contributed by atoms with E-state index in [4.69, 9.17) is 9.47 Å². The highest BCUT2D eigenvalue weighted by Crippen LogP contribution is 2.25. The summed E-state index contributed by atoms with van der Waals surface area (Å²) in [7, 11) is 0. The fourth-order valence-corrected chi connectivity index (χ4v) is 3.13. The Balaban J connectivity index is 2.67. The molecule has 9 heteroatoms. The molecule has 0 bridgehead atoms. The van der Waals surface area contributed by atoms with Gasteiger partial charge in [0, 0.05) is 23.9 Å². The first-order valence-electron chi connectivity index (χ1n) is 9.03. The molecule has 1 aromatic heterocycles. The van der Waals surface area contributed by atoms with E-state index in [1.54, 1.807) is 27.7 Å². The zero-order valence-electron chi connectivity index (χ0n) is 16.6. The molecular weight excluding hydrogens is 380 g/mol. The normalized spacial score (nSPS) is 10.7. The van der Waals surface area contributed by atoms with Crippen LogP contribution in [0.4, 0.5) is 5.69 Å². The van der Waals surface area contributed by atoms with Crippen LogP contribution in [0.3, 0.4) is 0 Å². The van der Waals surface area contributed by atoms with Gasteiger partial charge in [0.05, 0.1) is 23.8 Å². The lowest BCUT2D eigenvalue weighted by atomic mass is 10.00. The van der Waals surface area contributed by atoms with E-state index >= 15 is 0 Å². The first kappa shape index (κ1) is 21.8. The van der Waals surface area contributed by atoms with E-state index in [9.17, 15) is 24.5 Å². The fourth-order valence-electron chi connectivity index (χ4n) is 3.13. The SMILES string of the molecule is CCOC(=O)C(C(=O)OCC)c1cccn(-c2c(C)cc([N+](=O)[O-])cc2C)c1=O. The highest BCUT2D eigenvalue weighted by atomic mass is 16.6. The van der Waals surface area contributed by atoms with E-state index in [1.807, 2.05) is 0 Å². The maximum atomic E-state index is 13.2. The van der Waals surface area contributed by atoms with Gasteiger partial charge in [0.2, 0.25) is 0 Å². The third kappa shape index (κ3) is 4.50. The van der Waals surface area contributed by atoms with E-state index in [1.165, 1.54) is 35.0 Å². The van der Waals surface area contributed by atoms with Crippen molar-refractivity contribution in [2.24, 2.45) is 0 Å². The lowest BCUT2D eigenvalue weighted by Crippen LogP contribution is -2.33. The number of nitro benzene ring substituents is 1. The van der Waals surface area contributed by atoms with Crippen LogP contribution in [0.15, 0.2) is 35.3 Å². The van der Waals surface area contributed by atoms with Crippen LogP contribution in [-0.4, -0.2) is 34.6 Å². The lowest BCUT2D eigenvalue weighted by molar-refractivity contribution is -0.384. The van der Waals surface area contributed by atoms with E-state index in [-0.39, 0.29) is 24.5 Å². The number of rotatable bonds is 7. The lowest BCUT2D eigenvalue weighted by Gasteiger charge is -2.17. The highest BCUT2D eigenvalue weighted by Gasteiger charge is 2.34. The van der Waals surface area contributed by atoms with Gasteiger partial charge in [-0.2, -0.15) is 0 Å². The van der Waals surface area contributed by atoms with Crippen molar-refractivity contribution in [1.29, 1.82) is 0 Å². The topological polar surface area (TPSA) is 118 Å². The Labute approximate surface area is 167 Å². The Morgan fingerprint density at radius 1 is 1.10 bits per heavy atom. The summed E-state index contributed by atoms with van der Waals surface area (Å²) in [6.45, 7) is 6.54. The maximum Gasteiger partial charge on any atom is 0.325 e. The van der Waals surface area contributed by atoms with E-state index in [0.717, 1.165) is 0 Å². The summed E-state index contributed by atoms with van der Waals surface area (Å²) in [5.41, 5.74) is 0.637. The summed E-state index contributed by atoms with van der Waals surface area (Å²) in [6.07, 6.45) is 1.47. The third-order valence-electron chi connectivity index (χ3n) is 4.26. The number of carbonyl (C=O) groups excluding carboxylic acids is 2. The first-order valence-corrected chi connectivity index (χ1v) is 9.03. The van der Waals surface area contributed by atoms with Gasteiger partial charge in [-0.1, -0.05) is 6.07 Å². The van der Waals surface area contributed by atoms with Gasteiger partial charge >= 0.3 is 11.9 Å². The molecule has 0 radical (unpaired) electrons. The number of nitrogens with zero attached hydrogens (tertiary/aromatic N) is 2. The van der Waals surface area contributed by atoms with Crippen molar-refractivity contribution in [3.05, 3.63) is 67.6 Å². The van der Waals surface area contributed by atoms with Crippen LogP contribution in [0.1, 0.15) is 36.5 Å². The minimum Gasteiger partial charge on any atom is -0.465 e. The quantitative estimate of drug-likeness (QED) is 0.302. The Morgan fingerprint density at radius 2 is 1.62 bits per heavy atom. The van der Waals surface area contributed by atoms with Gasteiger partial charge in [0.1, 0.15) is 0 Å². The van der Waals surface area contributed by atoms with Gasteiger partial charge in [0.15, 0.2) is 5.92 Å². The van der Waals surface area contributed by atoms with Crippen molar-refractivity contribution in [2.45, 2.75) is 33.6 Å². The molecular formula is C20H22N2O7. The minimum absolute atomic E-state index is 0.0380. The summed E-state index contributed by atoms with van der Waals surface area (Å²) in [6, 6.07) is 5.60. The molecule has 0 aliphatic carbocycles. The summed E-state index contributed by atoms with van der Waals surface area (Å²) in [5, 5.41) is 11.1. The second-order valence-electron chi connectivity index (χ2n) is 6.26. The molecule has 154 valence electrons. The number of ether oxygens (including phenoxy) is 2. The van der Waals surface area contributed by atoms with Crippen molar-refractivity contribution in [3.8, 4) is 5.69 Å². The van der Waals surface area contributed by atoms with E-state index in [2.05, 4.69) is 0 Å². The standard InChI is InChI=1S/C20H22N2O7/c1-5-28-19(24)16(20(25)29-6-2)15-8-7-9-21(18(15)23)17-12(3)10-14(22(26)27)11-13(17)4/h7-11,16H,5-6H2,1-4H3. The van der Waals surface area contributed by atoms with Crippen LogP contribution < -0.4 is 5.56 Å².